The van der Waals surface area contributed by atoms with Crippen molar-refractivity contribution in [3.8, 4) is 0 Å². The van der Waals surface area contributed by atoms with Crippen LogP contribution in [-0.2, 0) is 14.3 Å². The van der Waals surface area contributed by atoms with Crippen molar-refractivity contribution in [2.75, 3.05) is 19.7 Å². The van der Waals surface area contributed by atoms with Crippen LogP contribution >= 0.6 is 0 Å². The van der Waals surface area contributed by atoms with Gasteiger partial charge >= 0.3 is 0 Å². The maximum Gasteiger partial charge on any atom is 0.247 e. The van der Waals surface area contributed by atoms with Crippen LogP contribution in [0.25, 0.3) is 0 Å². The van der Waals surface area contributed by atoms with Gasteiger partial charge in [-0.3, -0.25) is 9.59 Å². The molecule has 1 aromatic carbocycles. The first-order valence-corrected chi connectivity index (χ1v) is 13.4. The van der Waals surface area contributed by atoms with E-state index in [1.807, 2.05) is 17.0 Å². The van der Waals surface area contributed by atoms with Gasteiger partial charge in [-0.05, 0) is 62.8 Å². The van der Waals surface area contributed by atoms with Gasteiger partial charge in [0.15, 0.2) is 0 Å². The van der Waals surface area contributed by atoms with Crippen molar-refractivity contribution in [2.24, 2.45) is 11.8 Å². The highest BCUT2D eigenvalue weighted by Gasteiger charge is 2.35. The average molecular weight is 455 g/mol. The molecule has 1 aliphatic heterocycles. The van der Waals surface area contributed by atoms with Crippen LogP contribution in [0.2, 0.25) is 0 Å². The molecule has 5 heteroatoms. The maximum atomic E-state index is 13.7. The van der Waals surface area contributed by atoms with Gasteiger partial charge in [-0.1, -0.05) is 61.9 Å². The van der Waals surface area contributed by atoms with Crippen LogP contribution in [0.15, 0.2) is 24.3 Å². The van der Waals surface area contributed by atoms with Crippen LogP contribution in [0.4, 0.5) is 0 Å². The molecule has 0 aromatic heterocycles. The molecule has 3 fully saturated rings. The lowest BCUT2D eigenvalue weighted by atomic mass is 9.88. The highest BCUT2D eigenvalue weighted by atomic mass is 16.5. The van der Waals surface area contributed by atoms with Crippen LogP contribution in [0.5, 0.6) is 0 Å². The monoisotopic (exact) mass is 454 g/mol. The zero-order valence-corrected chi connectivity index (χ0v) is 20.4. The normalized spacial score (nSPS) is 22.9. The van der Waals surface area contributed by atoms with E-state index in [4.69, 9.17) is 4.74 Å². The van der Waals surface area contributed by atoms with Crippen molar-refractivity contribution in [1.29, 1.82) is 0 Å². The number of hydrogen-bond acceptors (Lipinski definition) is 3. The summed E-state index contributed by atoms with van der Waals surface area (Å²) in [5.74, 6) is 1.06. The van der Waals surface area contributed by atoms with Crippen LogP contribution in [0, 0.1) is 18.8 Å². The van der Waals surface area contributed by atoms with Gasteiger partial charge in [-0.2, -0.15) is 0 Å². The van der Waals surface area contributed by atoms with Crippen LogP contribution in [-0.4, -0.2) is 42.5 Å². The molecule has 0 spiro atoms. The molecule has 2 aliphatic carbocycles. The number of hydrogen-bond donors (Lipinski definition) is 1. The lowest BCUT2D eigenvalue weighted by molar-refractivity contribution is -0.142. The minimum Gasteiger partial charge on any atom is -0.376 e. The Labute approximate surface area is 199 Å². The quantitative estimate of drug-likeness (QED) is 0.549. The lowest BCUT2D eigenvalue weighted by Crippen LogP contribution is -2.47. The molecule has 3 aliphatic rings. The Hall–Kier alpha value is -1.88. The summed E-state index contributed by atoms with van der Waals surface area (Å²) in [6, 6.07) is 7.60. The van der Waals surface area contributed by atoms with E-state index < -0.39 is 6.04 Å². The van der Waals surface area contributed by atoms with E-state index in [2.05, 4.69) is 24.4 Å². The Morgan fingerprint density at radius 2 is 1.61 bits per heavy atom. The summed E-state index contributed by atoms with van der Waals surface area (Å²) >= 11 is 0. The van der Waals surface area contributed by atoms with Gasteiger partial charge in [0.2, 0.25) is 11.8 Å². The SMILES string of the molecule is Cc1ccc(C(C(=O)NCC2CCCO2)N(CC2CCCCC2)C(=O)CC2CCCC2)cc1. The number of nitrogens with one attached hydrogen (secondary N) is 1. The zero-order chi connectivity index (χ0) is 23.0. The summed E-state index contributed by atoms with van der Waals surface area (Å²) in [6.45, 7) is 4.05. The molecule has 1 saturated heterocycles. The molecule has 0 radical (unpaired) electrons. The third-order valence-corrected chi connectivity index (χ3v) is 7.92. The number of benzene rings is 1. The van der Waals surface area contributed by atoms with E-state index in [0.717, 1.165) is 56.3 Å². The molecule has 4 rings (SSSR count). The average Bonchev–Trinajstić information content (AvgIpc) is 3.53. The summed E-state index contributed by atoms with van der Waals surface area (Å²) in [5.41, 5.74) is 2.08. The van der Waals surface area contributed by atoms with Gasteiger partial charge in [0, 0.05) is 26.1 Å². The molecule has 2 amide bonds. The van der Waals surface area contributed by atoms with E-state index in [1.165, 1.54) is 32.1 Å². The third-order valence-electron chi connectivity index (χ3n) is 7.92. The molecule has 1 heterocycles. The third kappa shape index (κ3) is 6.81. The van der Waals surface area contributed by atoms with E-state index in [9.17, 15) is 9.59 Å². The van der Waals surface area contributed by atoms with E-state index in [-0.39, 0.29) is 17.9 Å². The predicted molar refractivity (Wildman–Crippen MR) is 131 cm³/mol. The van der Waals surface area contributed by atoms with Gasteiger partial charge in [0.1, 0.15) is 6.04 Å². The summed E-state index contributed by atoms with van der Waals surface area (Å²) in [5, 5.41) is 3.15. The Bertz CT molecular complexity index is 760. The standard InChI is InChI=1S/C28H42N2O3/c1-21-13-15-24(16-14-21)27(28(32)29-19-25-12-7-17-33-25)30(20-23-10-3-2-4-11-23)26(31)18-22-8-5-6-9-22/h13-16,22-23,25,27H,2-12,17-20H2,1H3,(H,29,32). The fourth-order valence-corrected chi connectivity index (χ4v) is 5.92. The van der Waals surface area contributed by atoms with Crippen molar-refractivity contribution >= 4 is 11.8 Å². The molecule has 2 saturated carbocycles. The first kappa shape index (κ1) is 24.3. The molecule has 182 valence electrons. The molecular formula is C28H42N2O3. The first-order valence-electron chi connectivity index (χ1n) is 13.4. The van der Waals surface area contributed by atoms with Gasteiger partial charge in [0.25, 0.3) is 0 Å². The highest BCUT2D eigenvalue weighted by Crippen LogP contribution is 2.33. The summed E-state index contributed by atoms with van der Waals surface area (Å²) in [7, 11) is 0. The number of carbonyl (C=O) groups excluding carboxylic acids is 2. The largest absolute Gasteiger partial charge is 0.376 e. The second-order valence-electron chi connectivity index (χ2n) is 10.6. The molecular weight excluding hydrogens is 412 g/mol. The zero-order valence-electron chi connectivity index (χ0n) is 20.4. The summed E-state index contributed by atoms with van der Waals surface area (Å²) < 4.78 is 5.73. The van der Waals surface area contributed by atoms with Crippen molar-refractivity contribution in [3.05, 3.63) is 35.4 Å². The fourth-order valence-electron chi connectivity index (χ4n) is 5.92. The molecule has 0 bridgehead atoms. The van der Waals surface area contributed by atoms with E-state index in [1.54, 1.807) is 0 Å². The Morgan fingerprint density at radius 3 is 2.27 bits per heavy atom. The maximum absolute atomic E-state index is 13.7. The number of rotatable bonds is 9. The first-order chi connectivity index (χ1) is 16.1. The minimum absolute atomic E-state index is 0.0649. The fraction of sp³-hybridized carbons (Fsp3) is 0.714. The smallest absolute Gasteiger partial charge is 0.247 e. The molecule has 1 N–H and O–H groups in total. The molecule has 2 unspecified atom stereocenters. The number of ether oxygens (including phenoxy) is 1. The second kappa shape index (κ2) is 12.0. The lowest BCUT2D eigenvalue weighted by Gasteiger charge is -2.36. The van der Waals surface area contributed by atoms with E-state index in [0.29, 0.717) is 31.3 Å². The molecule has 5 nitrogen and oxygen atoms in total. The number of carbonyl (C=O) groups is 2. The van der Waals surface area contributed by atoms with E-state index >= 15 is 0 Å². The van der Waals surface area contributed by atoms with Crippen molar-refractivity contribution < 1.29 is 14.3 Å². The highest BCUT2D eigenvalue weighted by molar-refractivity contribution is 5.89. The van der Waals surface area contributed by atoms with Gasteiger partial charge in [-0.15, -0.1) is 0 Å². The topological polar surface area (TPSA) is 58.6 Å². The predicted octanol–water partition coefficient (Wildman–Crippen LogP) is 5.32. The van der Waals surface area contributed by atoms with Crippen LogP contribution in [0.3, 0.4) is 0 Å². The summed E-state index contributed by atoms with van der Waals surface area (Å²) in [4.78, 5) is 29.3. The number of nitrogens with zero attached hydrogens (tertiary/aromatic N) is 1. The Morgan fingerprint density at radius 1 is 0.939 bits per heavy atom. The second-order valence-corrected chi connectivity index (χ2v) is 10.6. The van der Waals surface area contributed by atoms with Crippen molar-refractivity contribution in [1.82, 2.24) is 10.2 Å². The molecule has 1 aromatic rings. The number of aryl methyl sites for hydroxylation is 1. The van der Waals surface area contributed by atoms with Gasteiger partial charge in [0.05, 0.1) is 6.10 Å². The van der Waals surface area contributed by atoms with Crippen LogP contribution < -0.4 is 5.32 Å². The van der Waals surface area contributed by atoms with Gasteiger partial charge < -0.3 is 15.0 Å². The van der Waals surface area contributed by atoms with Crippen molar-refractivity contribution in [3.63, 3.8) is 0 Å². The Balaban J connectivity index is 1.56. The summed E-state index contributed by atoms with van der Waals surface area (Å²) in [6.07, 6.45) is 13.5. The van der Waals surface area contributed by atoms with Crippen LogP contribution in [0.1, 0.15) is 94.2 Å². The minimum atomic E-state index is -0.567. The van der Waals surface area contributed by atoms with Gasteiger partial charge in [-0.25, -0.2) is 0 Å². The van der Waals surface area contributed by atoms with Crippen molar-refractivity contribution in [2.45, 2.75) is 96.1 Å². The number of amides is 2. The Kier molecular flexibility index (Phi) is 8.82. The molecule has 33 heavy (non-hydrogen) atoms. The molecule has 2 atom stereocenters.